The third kappa shape index (κ3) is 2.10. The van der Waals surface area contributed by atoms with Crippen molar-refractivity contribution in [2.75, 3.05) is 11.4 Å². The Balaban J connectivity index is 2.42. The van der Waals surface area contributed by atoms with Crippen LogP contribution in [0.2, 0.25) is 0 Å². The number of imide groups is 2. The molecule has 6 nitrogen and oxygen atoms in total. The second-order valence-corrected chi connectivity index (χ2v) is 4.61. The van der Waals surface area contributed by atoms with Crippen LogP contribution in [-0.4, -0.2) is 24.4 Å². The summed E-state index contributed by atoms with van der Waals surface area (Å²) in [6, 6.07) is 7.75. The molecule has 0 aromatic heterocycles. The number of para-hydroxylation sites is 1. The van der Waals surface area contributed by atoms with Crippen LogP contribution < -0.4 is 16.0 Å². The Morgan fingerprint density at radius 1 is 1.21 bits per heavy atom. The van der Waals surface area contributed by atoms with Gasteiger partial charge in [0.15, 0.2) is 0 Å². The van der Waals surface area contributed by atoms with Gasteiger partial charge in [-0.1, -0.05) is 18.2 Å². The third-order valence-electron chi connectivity index (χ3n) is 3.26. The molecule has 1 aromatic rings. The molecule has 1 unspecified atom stereocenters. The van der Waals surface area contributed by atoms with Crippen molar-refractivity contribution in [3.05, 3.63) is 30.3 Å². The first-order valence-electron chi connectivity index (χ1n) is 5.96. The average molecular weight is 261 g/mol. The molecule has 6 heteroatoms. The number of nitrogens with one attached hydrogen (secondary N) is 1. The normalized spacial score (nSPS) is 23.5. The molecule has 0 saturated carbocycles. The number of urea groups is 1. The second kappa shape index (κ2) is 4.81. The fourth-order valence-electron chi connectivity index (χ4n) is 2.05. The molecule has 2 rings (SSSR count). The summed E-state index contributed by atoms with van der Waals surface area (Å²) in [6.45, 7) is 1.69. The van der Waals surface area contributed by atoms with Gasteiger partial charge in [-0.15, -0.1) is 0 Å². The topological polar surface area (TPSA) is 92.5 Å². The molecule has 0 bridgehead atoms. The van der Waals surface area contributed by atoms with Gasteiger partial charge in [-0.3, -0.25) is 14.9 Å². The van der Waals surface area contributed by atoms with E-state index in [0.29, 0.717) is 5.69 Å². The number of hydrogen-bond acceptors (Lipinski definition) is 4. The SMILES string of the molecule is CC1(CCN)C(=O)NC(=O)N(c2ccccc2)C1=O. The van der Waals surface area contributed by atoms with Crippen LogP contribution in [-0.2, 0) is 9.59 Å². The summed E-state index contributed by atoms with van der Waals surface area (Å²) in [5, 5.41) is 2.21. The quantitative estimate of drug-likeness (QED) is 0.780. The van der Waals surface area contributed by atoms with Gasteiger partial charge in [-0.2, -0.15) is 0 Å². The van der Waals surface area contributed by atoms with E-state index in [1.165, 1.54) is 6.92 Å². The highest BCUT2D eigenvalue weighted by atomic mass is 16.2. The lowest BCUT2D eigenvalue weighted by Crippen LogP contribution is -2.63. The molecule has 3 N–H and O–H groups in total. The molecule has 1 atom stereocenters. The summed E-state index contributed by atoms with van der Waals surface area (Å²) in [4.78, 5) is 37.1. The van der Waals surface area contributed by atoms with E-state index in [2.05, 4.69) is 5.32 Å². The average Bonchev–Trinajstić information content (AvgIpc) is 2.38. The van der Waals surface area contributed by atoms with Crippen molar-refractivity contribution in [1.29, 1.82) is 0 Å². The summed E-state index contributed by atoms with van der Waals surface area (Å²) < 4.78 is 0. The Labute approximate surface area is 110 Å². The third-order valence-corrected chi connectivity index (χ3v) is 3.26. The molecule has 19 heavy (non-hydrogen) atoms. The Morgan fingerprint density at radius 2 is 1.84 bits per heavy atom. The van der Waals surface area contributed by atoms with Crippen LogP contribution in [0, 0.1) is 5.41 Å². The van der Waals surface area contributed by atoms with Crippen molar-refractivity contribution in [3.63, 3.8) is 0 Å². The first-order valence-corrected chi connectivity index (χ1v) is 5.96. The largest absolute Gasteiger partial charge is 0.335 e. The highest BCUT2D eigenvalue weighted by molar-refractivity contribution is 6.29. The van der Waals surface area contributed by atoms with Crippen LogP contribution >= 0.6 is 0 Å². The van der Waals surface area contributed by atoms with E-state index in [-0.39, 0.29) is 13.0 Å². The number of amides is 4. The van der Waals surface area contributed by atoms with Gasteiger partial charge in [0.1, 0.15) is 5.41 Å². The summed E-state index contributed by atoms with van der Waals surface area (Å²) in [5.41, 5.74) is 4.58. The number of nitrogens with two attached hydrogens (primary N) is 1. The van der Waals surface area contributed by atoms with Crippen molar-refractivity contribution < 1.29 is 14.4 Å². The maximum atomic E-state index is 12.4. The van der Waals surface area contributed by atoms with Crippen LogP contribution in [0.4, 0.5) is 10.5 Å². The highest BCUT2D eigenvalue weighted by Crippen LogP contribution is 2.30. The maximum absolute atomic E-state index is 12.4. The number of carbonyl (C=O) groups excluding carboxylic acids is 3. The van der Waals surface area contributed by atoms with Crippen molar-refractivity contribution >= 4 is 23.5 Å². The van der Waals surface area contributed by atoms with Gasteiger partial charge in [0.05, 0.1) is 5.69 Å². The maximum Gasteiger partial charge on any atom is 0.335 e. The van der Waals surface area contributed by atoms with Gasteiger partial charge in [0.2, 0.25) is 5.91 Å². The van der Waals surface area contributed by atoms with Gasteiger partial charge in [-0.05, 0) is 32.0 Å². The first kappa shape index (κ1) is 13.2. The molecule has 1 fully saturated rings. The van der Waals surface area contributed by atoms with Crippen LogP contribution in [0.5, 0.6) is 0 Å². The first-order chi connectivity index (χ1) is 9.00. The molecule has 1 saturated heterocycles. The lowest BCUT2D eigenvalue weighted by atomic mass is 9.82. The molecule has 1 aliphatic rings. The number of nitrogens with zero attached hydrogens (tertiary/aromatic N) is 1. The zero-order chi connectivity index (χ0) is 14.0. The van der Waals surface area contributed by atoms with E-state index in [9.17, 15) is 14.4 Å². The summed E-state index contributed by atoms with van der Waals surface area (Å²) in [7, 11) is 0. The number of anilines is 1. The molecule has 1 aromatic carbocycles. The molecule has 100 valence electrons. The summed E-state index contributed by atoms with van der Waals surface area (Å²) in [6.07, 6.45) is 0.189. The predicted molar refractivity (Wildman–Crippen MR) is 69.2 cm³/mol. The molecule has 0 aliphatic carbocycles. The number of barbiturate groups is 1. The van der Waals surface area contributed by atoms with E-state index >= 15 is 0 Å². The summed E-state index contributed by atoms with van der Waals surface area (Å²) >= 11 is 0. The smallest absolute Gasteiger partial charge is 0.330 e. The molecule has 0 radical (unpaired) electrons. The van der Waals surface area contributed by atoms with Crippen LogP contribution in [0.25, 0.3) is 0 Å². The second-order valence-electron chi connectivity index (χ2n) is 4.61. The molecular weight excluding hydrogens is 246 g/mol. The molecule has 0 spiro atoms. The molecule has 1 aliphatic heterocycles. The van der Waals surface area contributed by atoms with Gasteiger partial charge in [-0.25, -0.2) is 9.69 Å². The minimum atomic E-state index is -1.31. The van der Waals surface area contributed by atoms with Gasteiger partial charge >= 0.3 is 6.03 Å². The van der Waals surface area contributed by atoms with Crippen LogP contribution in [0.1, 0.15) is 13.3 Å². The van der Waals surface area contributed by atoms with E-state index in [4.69, 9.17) is 5.73 Å². The van der Waals surface area contributed by atoms with Crippen LogP contribution in [0.3, 0.4) is 0 Å². The molecular formula is C13H15N3O3. The number of carbonyl (C=O) groups is 3. The molecule has 1 heterocycles. The van der Waals surface area contributed by atoms with Crippen molar-refractivity contribution in [2.24, 2.45) is 11.1 Å². The molecule has 4 amide bonds. The number of rotatable bonds is 3. The van der Waals surface area contributed by atoms with Crippen LogP contribution in [0.15, 0.2) is 30.3 Å². The number of benzene rings is 1. The van der Waals surface area contributed by atoms with Crippen molar-refractivity contribution in [1.82, 2.24) is 5.32 Å². The lowest BCUT2D eigenvalue weighted by Gasteiger charge is -2.36. The zero-order valence-corrected chi connectivity index (χ0v) is 10.6. The van der Waals surface area contributed by atoms with E-state index in [0.717, 1.165) is 4.90 Å². The van der Waals surface area contributed by atoms with Crippen molar-refractivity contribution in [3.8, 4) is 0 Å². The Bertz CT molecular complexity index is 529. The Morgan fingerprint density at radius 3 is 2.42 bits per heavy atom. The van der Waals surface area contributed by atoms with E-state index in [1.54, 1.807) is 30.3 Å². The van der Waals surface area contributed by atoms with Gasteiger partial charge in [0, 0.05) is 0 Å². The fraction of sp³-hybridized carbons (Fsp3) is 0.308. The van der Waals surface area contributed by atoms with Gasteiger partial charge in [0.25, 0.3) is 5.91 Å². The minimum Gasteiger partial charge on any atom is -0.330 e. The standard InChI is InChI=1S/C13H15N3O3/c1-13(7-8-14)10(17)15-12(19)16(11(13)18)9-5-3-2-4-6-9/h2-6H,7-8,14H2,1H3,(H,15,17,19). The number of hydrogen-bond donors (Lipinski definition) is 2. The monoisotopic (exact) mass is 261 g/mol. The summed E-state index contributed by atoms with van der Waals surface area (Å²) in [5.74, 6) is -1.14. The van der Waals surface area contributed by atoms with Gasteiger partial charge < -0.3 is 5.73 Å². The zero-order valence-electron chi connectivity index (χ0n) is 10.6. The minimum absolute atomic E-state index is 0.187. The van der Waals surface area contributed by atoms with Crippen molar-refractivity contribution in [2.45, 2.75) is 13.3 Å². The lowest BCUT2D eigenvalue weighted by molar-refractivity contribution is -0.141. The fourth-order valence-corrected chi connectivity index (χ4v) is 2.05. The highest BCUT2D eigenvalue weighted by Gasteiger charge is 2.50. The predicted octanol–water partition coefficient (Wildman–Crippen LogP) is 0.625. The van der Waals surface area contributed by atoms with E-state index in [1.807, 2.05) is 0 Å². The Kier molecular flexibility index (Phi) is 3.35. The van der Waals surface area contributed by atoms with E-state index < -0.39 is 23.3 Å². The Hall–Kier alpha value is -2.21.